The van der Waals surface area contributed by atoms with E-state index in [4.69, 9.17) is 0 Å². The zero-order valence-corrected chi connectivity index (χ0v) is 7.48. The molecule has 2 aromatic rings. The molecule has 3 nitrogen and oxygen atoms in total. The first kappa shape index (κ1) is 14.0. The molecule has 0 radical (unpaired) electrons. The largest absolute Gasteiger partial charge is 0.412 e. The molecule has 13 heavy (non-hydrogen) atoms. The Bertz CT molecular complexity index is 199. The summed E-state index contributed by atoms with van der Waals surface area (Å²) in [4.78, 5) is 2.86. The van der Waals surface area contributed by atoms with Crippen LogP contribution in [0.2, 0.25) is 0 Å². The van der Waals surface area contributed by atoms with Gasteiger partial charge in [-0.3, -0.25) is 0 Å². The zero-order valence-electron chi connectivity index (χ0n) is 7.48. The molecule has 2 rings (SSSR count). The van der Waals surface area contributed by atoms with Crippen LogP contribution >= 0.6 is 0 Å². The van der Waals surface area contributed by atoms with Gasteiger partial charge in [0, 0.05) is 12.4 Å². The Morgan fingerprint density at radius 2 is 0.846 bits per heavy atom. The lowest BCUT2D eigenvalue weighted by Crippen LogP contribution is -1.47. The quantitative estimate of drug-likeness (QED) is 0.639. The molecule has 6 N–H and O–H groups in total. The van der Waals surface area contributed by atoms with Crippen LogP contribution in [0.25, 0.3) is 0 Å². The van der Waals surface area contributed by atoms with Gasteiger partial charge in [0.25, 0.3) is 0 Å². The molecule has 0 aliphatic rings. The minimum Gasteiger partial charge on any atom is -0.412 e. The summed E-state index contributed by atoms with van der Waals surface area (Å²) in [6, 6.07) is 15.9. The fourth-order valence-corrected chi connectivity index (χ4v) is 0.663. The van der Waals surface area contributed by atoms with Gasteiger partial charge in [-0.05, 0) is 12.1 Å². The number of aromatic amines is 1. The maximum Gasteiger partial charge on any atom is 0.000496 e. The van der Waals surface area contributed by atoms with E-state index in [9.17, 15) is 0 Å². The monoisotopic (exact) mass is 180 g/mol. The SMILES string of the molecule is N.O.c1cc[nH]c1.c1ccccc1. The average molecular weight is 180 g/mol. The second-order valence-electron chi connectivity index (χ2n) is 2.04. The van der Waals surface area contributed by atoms with Gasteiger partial charge in [-0.2, -0.15) is 0 Å². The van der Waals surface area contributed by atoms with E-state index in [0.29, 0.717) is 0 Å². The van der Waals surface area contributed by atoms with Crippen molar-refractivity contribution in [2.75, 3.05) is 0 Å². The van der Waals surface area contributed by atoms with E-state index in [2.05, 4.69) is 4.98 Å². The van der Waals surface area contributed by atoms with Crippen LogP contribution in [0.3, 0.4) is 0 Å². The van der Waals surface area contributed by atoms with Crippen LogP contribution in [-0.2, 0) is 0 Å². The predicted molar refractivity (Wildman–Crippen MR) is 55.9 cm³/mol. The van der Waals surface area contributed by atoms with Crippen LogP contribution in [0.5, 0.6) is 0 Å². The molecule has 0 aliphatic heterocycles. The molecule has 0 unspecified atom stereocenters. The first-order valence-corrected chi connectivity index (χ1v) is 3.58. The van der Waals surface area contributed by atoms with Crippen LogP contribution in [0.4, 0.5) is 0 Å². The molecule has 72 valence electrons. The van der Waals surface area contributed by atoms with Gasteiger partial charge in [-0.25, -0.2) is 0 Å². The Morgan fingerprint density at radius 3 is 1.00 bits per heavy atom. The molecule has 3 heteroatoms. The molecule has 0 saturated heterocycles. The third kappa shape index (κ3) is 8.33. The molecule has 0 bridgehead atoms. The van der Waals surface area contributed by atoms with E-state index in [1.807, 2.05) is 60.9 Å². The van der Waals surface area contributed by atoms with Crippen molar-refractivity contribution in [3.05, 3.63) is 60.9 Å². The number of nitrogens with one attached hydrogen (secondary N) is 1. The highest BCUT2D eigenvalue weighted by atomic mass is 16.0. The third-order valence-corrected chi connectivity index (χ3v) is 1.16. The van der Waals surface area contributed by atoms with E-state index in [-0.39, 0.29) is 11.6 Å². The molecule has 0 amide bonds. The van der Waals surface area contributed by atoms with Gasteiger partial charge in [-0.15, -0.1) is 0 Å². The van der Waals surface area contributed by atoms with E-state index < -0.39 is 0 Å². The van der Waals surface area contributed by atoms with Crippen molar-refractivity contribution in [2.24, 2.45) is 0 Å². The van der Waals surface area contributed by atoms with Crippen molar-refractivity contribution < 1.29 is 5.48 Å². The number of aromatic nitrogens is 1. The van der Waals surface area contributed by atoms with E-state index >= 15 is 0 Å². The van der Waals surface area contributed by atoms with Crippen molar-refractivity contribution in [1.29, 1.82) is 0 Å². The predicted octanol–water partition coefficient (Wildman–Crippen LogP) is 2.04. The maximum absolute atomic E-state index is 2.86. The van der Waals surface area contributed by atoms with Crippen LogP contribution in [0.1, 0.15) is 0 Å². The van der Waals surface area contributed by atoms with Gasteiger partial charge in [0.15, 0.2) is 0 Å². The van der Waals surface area contributed by atoms with E-state index in [1.54, 1.807) is 0 Å². The van der Waals surface area contributed by atoms with Gasteiger partial charge < -0.3 is 16.6 Å². The Kier molecular flexibility index (Phi) is 11.2. The summed E-state index contributed by atoms with van der Waals surface area (Å²) in [7, 11) is 0. The molecule has 0 fully saturated rings. The summed E-state index contributed by atoms with van der Waals surface area (Å²) < 4.78 is 0. The lowest BCUT2D eigenvalue weighted by Gasteiger charge is -1.69. The summed E-state index contributed by atoms with van der Waals surface area (Å²) in [6.07, 6.45) is 3.75. The van der Waals surface area contributed by atoms with Gasteiger partial charge in [0.05, 0.1) is 0 Å². The minimum absolute atomic E-state index is 0. The number of hydrogen-bond acceptors (Lipinski definition) is 1. The molecule has 0 spiro atoms. The minimum atomic E-state index is 0. The molecular formula is C10H16N2O. The van der Waals surface area contributed by atoms with Crippen LogP contribution < -0.4 is 6.15 Å². The third-order valence-electron chi connectivity index (χ3n) is 1.16. The van der Waals surface area contributed by atoms with Crippen molar-refractivity contribution in [3.8, 4) is 0 Å². The standard InChI is InChI=1S/C6H6.C4H5N.H3N.H2O/c1-2-4-6-5-3-1;1-2-4-5-3-1;;/h1-6H;1-5H;1H3;1H2. The first-order valence-electron chi connectivity index (χ1n) is 3.58. The first-order chi connectivity index (χ1) is 5.50. The van der Waals surface area contributed by atoms with E-state index in [0.717, 1.165) is 0 Å². The van der Waals surface area contributed by atoms with Crippen molar-refractivity contribution in [2.45, 2.75) is 0 Å². The van der Waals surface area contributed by atoms with Crippen LogP contribution in [0, 0.1) is 0 Å². The zero-order chi connectivity index (χ0) is 7.78. The highest BCUT2D eigenvalue weighted by Gasteiger charge is 1.58. The van der Waals surface area contributed by atoms with Gasteiger partial charge >= 0.3 is 0 Å². The maximum atomic E-state index is 2.86. The Balaban J connectivity index is 0. The topological polar surface area (TPSA) is 82.3 Å². The fourth-order valence-electron chi connectivity index (χ4n) is 0.663. The molecule has 1 aromatic carbocycles. The molecule has 1 heterocycles. The van der Waals surface area contributed by atoms with Crippen LogP contribution in [-0.4, -0.2) is 10.5 Å². The van der Waals surface area contributed by atoms with Crippen LogP contribution in [0.15, 0.2) is 60.9 Å². The van der Waals surface area contributed by atoms with Crippen molar-refractivity contribution >= 4 is 0 Å². The summed E-state index contributed by atoms with van der Waals surface area (Å²) >= 11 is 0. The average Bonchev–Trinajstić information content (AvgIpc) is 2.64. The molecule has 1 aromatic heterocycles. The number of benzene rings is 1. The Hall–Kier alpha value is -1.58. The highest BCUT2D eigenvalue weighted by Crippen LogP contribution is 1.79. The fraction of sp³-hybridized carbons (Fsp3) is 0. The molecular weight excluding hydrogens is 164 g/mol. The number of rotatable bonds is 0. The Labute approximate surface area is 78.3 Å². The normalized spacial score (nSPS) is 6.77. The highest BCUT2D eigenvalue weighted by molar-refractivity contribution is 4.99. The van der Waals surface area contributed by atoms with Gasteiger partial charge in [0.2, 0.25) is 0 Å². The molecule has 0 saturated carbocycles. The van der Waals surface area contributed by atoms with Crippen molar-refractivity contribution in [1.82, 2.24) is 11.1 Å². The second-order valence-corrected chi connectivity index (χ2v) is 2.04. The lowest BCUT2D eigenvalue weighted by molar-refractivity contribution is 0.824. The number of H-pyrrole nitrogens is 1. The smallest absolute Gasteiger partial charge is 0.000496 e. The van der Waals surface area contributed by atoms with Crippen molar-refractivity contribution in [3.63, 3.8) is 0 Å². The Morgan fingerprint density at radius 1 is 0.538 bits per heavy atom. The molecule has 0 atom stereocenters. The summed E-state index contributed by atoms with van der Waals surface area (Å²) in [5, 5.41) is 0. The lowest BCUT2D eigenvalue weighted by atomic mass is 10.4. The second kappa shape index (κ2) is 10.4. The van der Waals surface area contributed by atoms with E-state index in [1.165, 1.54) is 0 Å². The van der Waals surface area contributed by atoms with Gasteiger partial charge in [0.1, 0.15) is 0 Å². The summed E-state index contributed by atoms with van der Waals surface area (Å²) in [5.41, 5.74) is 0. The number of hydrogen-bond donors (Lipinski definition) is 2. The summed E-state index contributed by atoms with van der Waals surface area (Å²) in [6.45, 7) is 0. The summed E-state index contributed by atoms with van der Waals surface area (Å²) in [5.74, 6) is 0. The van der Waals surface area contributed by atoms with Gasteiger partial charge in [-0.1, -0.05) is 36.4 Å². The molecule has 0 aliphatic carbocycles.